The summed E-state index contributed by atoms with van der Waals surface area (Å²) in [4.78, 5) is 2.45. The van der Waals surface area contributed by atoms with Gasteiger partial charge in [-0.3, -0.25) is 4.90 Å². The van der Waals surface area contributed by atoms with E-state index in [0.29, 0.717) is 18.6 Å². The number of likely N-dealkylation sites (tertiary alicyclic amines) is 1. The van der Waals surface area contributed by atoms with Crippen molar-refractivity contribution in [2.24, 2.45) is 0 Å². The molecule has 2 aliphatic heterocycles. The summed E-state index contributed by atoms with van der Waals surface area (Å²) in [5, 5.41) is 10.3. The molecule has 1 unspecified atom stereocenters. The molecule has 4 nitrogen and oxygen atoms in total. The lowest BCUT2D eigenvalue weighted by atomic mass is 10.0. The van der Waals surface area contributed by atoms with E-state index in [1.807, 2.05) is 19.1 Å². The molecule has 1 fully saturated rings. The van der Waals surface area contributed by atoms with E-state index < -0.39 is 0 Å². The Balaban J connectivity index is 1.58. The van der Waals surface area contributed by atoms with Gasteiger partial charge in [0.2, 0.25) is 6.79 Å². The summed E-state index contributed by atoms with van der Waals surface area (Å²) in [6, 6.07) is 10.6. The van der Waals surface area contributed by atoms with Crippen LogP contribution in [0.3, 0.4) is 0 Å². The predicted octanol–water partition coefficient (Wildman–Crippen LogP) is 4.07. The third kappa shape index (κ3) is 2.71. The van der Waals surface area contributed by atoms with Gasteiger partial charge in [-0.25, -0.2) is 0 Å². The molecule has 2 heterocycles. The predicted molar refractivity (Wildman–Crippen MR) is 92.5 cm³/mol. The Morgan fingerprint density at radius 3 is 2.75 bits per heavy atom. The van der Waals surface area contributed by atoms with Gasteiger partial charge in [0.05, 0.1) is 0 Å². The van der Waals surface area contributed by atoms with Crippen molar-refractivity contribution in [3.8, 4) is 17.2 Å². The SMILES string of the molecule is Cc1cc(O)c(CN2CCCC2c2ccc3c(c2)OCO3)cc1C. The highest BCUT2D eigenvalue weighted by Crippen LogP contribution is 2.40. The molecule has 0 saturated carbocycles. The number of nitrogens with zero attached hydrogens (tertiary/aromatic N) is 1. The van der Waals surface area contributed by atoms with Crippen molar-refractivity contribution in [3.63, 3.8) is 0 Å². The molecule has 0 aromatic heterocycles. The van der Waals surface area contributed by atoms with Crippen LogP contribution in [0.5, 0.6) is 17.2 Å². The Kier molecular flexibility index (Phi) is 3.85. The van der Waals surface area contributed by atoms with E-state index in [-0.39, 0.29) is 0 Å². The van der Waals surface area contributed by atoms with Crippen molar-refractivity contribution >= 4 is 0 Å². The molecule has 1 saturated heterocycles. The van der Waals surface area contributed by atoms with Crippen LogP contribution in [0.1, 0.15) is 41.1 Å². The van der Waals surface area contributed by atoms with Gasteiger partial charge < -0.3 is 14.6 Å². The van der Waals surface area contributed by atoms with Crippen LogP contribution in [0.15, 0.2) is 30.3 Å². The summed E-state index contributed by atoms with van der Waals surface area (Å²) < 4.78 is 10.9. The van der Waals surface area contributed by atoms with Crippen molar-refractivity contribution in [2.75, 3.05) is 13.3 Å². The second-order valence-electron chi connectivity index (χ2n) is 6.81. The van der Waals surface area contributed by atoms with Crippen LogP contribution in [0.4, 0.5) is 0 Å². The fraction of sp³-hybridized carbons (Fsp3) is 0.400. The number of hydrogen-bond acceptors (Lipinski definition) is 4. The summed E-state index contributed by atoms with van der Waals surface area (Å²) in [6.07, 6.45) is 2.30. The molecule has 0 aliphatic carbocycles. The van der Waals surface area contributed by atoms with Gasteiger partial charge in [0.25, 0.3) is 0 Å². The number of phenolic OH excluding ortho intramolecular Hbond substituents is 1. The highest BCUT2D eigenvalue weighted by molar-refractivity contribution is 5.46. The summed E-state index contributed by atoms with van der Waals surface area (Å²) >= 11 is 0. The normalized spacial score (nSPS) is 19.8. The molecule has 126 valence electrons. The average Bonchev–Trinajstić information content (AvgIpc) is 3.20. The molecule has 0 amide bonds. The zero-order valence-electron chi connectivity index (χ0n) is 14.2. The number of rotatable bonds is 3. The summed E-state index contributed by atoms with van der Waals surface area (Å²) in [6.45, 7) is 6.25. The van der Waals surface area contributed by atoms with Crippen LogP contribution in [-0.2, 0) is 6.54 Å². The van der Waals surface area contributed by atoms with Crippen molar-refractivity contribution in [3.05, 3.63) is 52.6 Å². The fourth-order valence-electron chi connectivity index (χ4n) is 3.72. The van der Waals surface area contributed by atoms with E-state index >= 15 is 0 Å². The lowest BCUT2D eigenvalue weighted by Gasteiger charge is -2.25. The van der Waals surface area contributed by atoms with Crippen LogP contribution < -0.4 is 9.47 Å². The Morgan fingerprint density at radius 2 is 1.88 bits per heavy atom. The van der Waals surface area contributed by atoms with E-state index in [1.54, 1.807) is 0 Å². The van der Waals surface area contributed by atoms with Gasteiger partial charge in [0, 0.05) is 18.2 Å². The zero-order valence-corrected chi connectivity index (χ0v) is 14.2. The molecule has 0 bridgehead atoms. The van der Waals surface area contributed by atoms with E-state index in [4.69, 9.17) is 9.47 Å². The minimum absolute atomic E-state index is 0.309. The molecule has 4 heteroatoms. The maximum absolute atomic E-state index is 10.3. The maximum Gasteiger partial charge on any atom is 0.231 e. The molecular weight excluding hydrogens is 302 g/mol. The van der Waals surface area contributed by atoms with E-state index in [9.17, 15) is 5.11 Å². The van der Waals surface area contributed by atoms with Crippen molar-refractivity contribution < 1.29 is 14.6 Å². The smallest absolute Gasteiger partial charge is 0.231 e. The number of aryl methyl sites for hydroxylation is 2. The molecule has 2 aromatic rings. The molecule has 2 aromatic carbocycles. The first kappa shape index (κ1) is 15.3. The minimum Gasteiger partial charge on any atom is -0.508 e. The van der Waals surface area contributed by atoms with Gasteiger partial charge in [0.15, 0.2) is 11.5 Å². The van der Waals surface area contributed by atoms with E-state index in [0.717, 1.165) is 42.1 Å². The van der Waals surface area contributed by atoms with Gasteiger partial charge in [0.1, 0.15) is 5.75 Å². The van der Waals surface area contributed by atoms with Gasteiger partial charge in [-0.1, -0.05) is 12.1 Å². The molecule has 24 heavy (non-hydrogen) atoms. The standard InChI is InChI=1S/C20H23NO3/c1-13-8-16(18(22)9-14(13)2)11-21-7-3-4-17(21)15-5-6-19-20(10-15)24-12-23-19/h5-6,8-10,17,22H,3-4,7,11-12H2,1-2H3. The molecule has 0 radical (unpaired) electrons. The van der Waals surface area contributed by atoms with Crippen molar-refractivity contribution in [1.29, 1.82) is 0 Å². The third-order valence-corrected chi connectivity index (χ3v) is 5.21. The number of aromatic hydroxyl groups is 1. The molecule has 1 N–H and O–H groups in total. The molecule has 1 atom stereocenters. The van der Waals surface area contributed by atoms with Gasteiger partial charge in [-0.2, -0.15) is 0 Å². The van der Waals surface area contributed by atoms with Crippen molar-refractivity contribution in [2.45, 2.75) is 39.3 Å². The summed E-state index contributed by atoms with van der Waals surface area (Å²) in [5.41, 5.74) is 4.62. The first-order chi connectivity index (χ1) is 11.6. The Labute approximate surface area is 142 Å². The first-order valence-corrected chi connectivity index (χ1v) is 8.54. The maximum atomic E-state index is 10.3. The summed E-state index contributed by atoms with van der Waals surface area (Å²) in [7, 11) is 0. The van der Waals surface area contributed by atoms with E-state index in [1.165, 1.54) is 17.5 Å². The quantitative estimate of drug-likeness (QED) is 0.923. The van der Waals surface area contributed by atoms with Crippen molar-refractivity contribution in [1.82, 2.24) is 4.90 Å². The number of phenols is 1. The molecule has 0 spiro atoms. The second kappa shape index (κ2) is 6.02. The monoisotopic (exact) mass is 325 g/mol. The average molecular weight is 325 g/mol. The number of hydrogen-bond donors (Lipinski definition) is 1. The minimum atomic E-state index is 0.309. The van der Waals surface area contributed by atoms with E-state index in [2.05, 4.69) is 30.0 Å². The Bertz CT molecular complexity index is 772. The Hall–Kier alpha value is -2.20. The van der Waals surface area contributed by atoms with Crippen LogP contribution >= 0.6 is 0 Å². The second-order valence-corrected chi connectivity index (χ2v) is 6.81. The van der Waals surface area contributed by atoms with Gasteiger partial charge in [-0.15, -0.1) is 0 Å². The van der Waals surface area contributed by atoms with Crippen LogP contribution in [-0.4, -0.2) is 23.3 Å². The first-order valence-electron chi connectivity index (χ1n) is 8.54. The third-order valence-electron chi connectivity index (χ3n) is 5.21. The van der Waals surface area contributed by atoms with Gasteiger partial charge >= 0.3 is 0 Å². The van der Waals surface area contributed by atoms with Gasteiger partial charge in [-0.05, 0) is 68.1 Å². The number of fused-ring (bicyclic) bond motifs is 1. The van der Waals surface area contributed by atoms with Crippen LogP contribution in [0, 0.1) is 13.8 Å². The molecule has 2 aliphatic rings. The largest absolute Gasteiger partial charge is 0.508 e. The topological polar surface area (TPSA) is 41.9 Å². The highest BCUT2D eigenvalue weighted by Gasteiger charge is 2.28. The fourth-order valence-corrected chi connectivity index (χ4v) is 3.72. The number of benzene rings is 2. The highest BCUT2D eigenvalue weighted by atomic mass is 16.7. The lowest BCUT2D eigenvalue weighted by Crippen LogP contribution is -2.22. The Morgan fingerprint density at radius 1 is 1.08 bits per heavy atom. The van der Waals surface area contributed by atoms with Crippen LogP contribution in [0.2, 0.25) is 0 Å². The molecule has 4 rings (SSSR count). The van der Waals surface area contributed by atoms with Crippen LogP contribution in [0.25, 0.3) is 0 Å². The summed E-state index contributed by atoms with van der Waals surface area (Å²) in [5.74, 6) is 2.07. The number of ether oxygens (including phenoxy) is 2. The molecular formula is C20H23NO3. The lowest BCUT2D eigenvalue weighted by molar-refractivity contribution is 0.173. The zero-order chi connectivity index (χ0) is 16.7.